The number of hydrogen-bond donors (Lipinski definition) is 2. The number of nitrogens with two attached hydrogens (primary N) is 1. The van der Waals surface area contributed by atoms with Gasteiger partial charge in [0.2, 0.25) is 11.8 Å². The first-order chi connectivity index (χ1) is 10.6. The van der Waals surface area contributed by atoms with Crippen LogP contribution in [0.5, 0.6) is 17.4 Å². The van der Waals surface area contributed by atoms with E-state index in [2.05, 4.69) is 10.3 Å². The summed E-state index contributed by atoms with van der Waals surface area (Å²) in [6.07, 6.45) is 3.00. The Morgan fingerprint density at radius 1 is 1.12 bits per heavy atom. The minimum absolute atomic E-state index is 0. The van der Waals surface area contributed by atoms with Crippen molar-refractivity contribution in [1.82, 2.24) is 4.98 Å². The molecule has 6 nitrogen and oxygen atoms in total. The van der Waals surface area contributed by atoms with Crippen molar-refractivity contribution in [1.29, 1.82) is 0 Å². The van der Waals surface area contributed by atoms with E-state index in [0.717, 1.165) is 18.6 Å². The zero-order valence-corrected chi connectivity index (χ0v) is 14.7. The summed E-state index contributed by atoms with van der Waals surface area (Å²) in [6.45, 7) is 0. The predicted molar refractivity (Wildman–Crippen MR) is 96.6 cm³/mol. The van der Waals surface area contributed by atoms with Gasteiger partial charge in [-0.3, -0.25) is 4.79 Å². The Morgan fingerprint density at radius 3 is 2.25 bits per heavy atom. The van der Waals surface area contributed by atoms with E-state index >= 15 is 0 Å². The van der Waals surface area contributed by atoms with E-state index in [9.17, 15) is 4.79 Å². The number of nitrogens with zero attached hydrogens (tertiary/aromatic N) is 1. The van der Waals surface area contributed by atoms with Gasteiger partial charge in [-0.15, -0.1) is 24.8 Å². The van der Waals surface area contributed by atoms with Crippen LogP contribution in [0.3, 0.4) is 0 Å². The third kappa shape index (κ3) is 4.74. The molecule has 3 N–H and O–H groups in total. The van der Waals surface area contributed by atoms with Crippen molar-refractivity contribution in [3.05, 3.63) is 42.6 Å². The van der Waals surface area contributed by atoms with Gasteiger partial charge in [0.25, 0.3) is 0 Å². The van der Waals surface area contributed by atoms with Crippen LogP contribution in [-0.2, 0) is 4.79 Å². The maximum atomic E-state index is 11.8. The SMILES string of the molecule is COc1ccc(Oc2ccc(NC(=O)C3(N)CC3)cn2)cc1.Cl.Cl. The average molecular weight is 372 g/mol. The fraction of sp³-hybridized carbons (Fsp3) is 0.250. The largest absolute Gasteiger partial charge is 0.497 e. The second kappa shape index (κ2) is 8.19. The summed E-state index contributed by atoms with van der Waals surface area (Å²) < 4.78 is 10.7. The third-order valence-corrected chi connectivity index (χ3v) is 3.52. The van der Waals surface area contributed by atoms with Gasteiger partial charge in [0, 0.05) is 6.07 Å². The fourth-order valence-electron chi connectivity index (χ4n) is 1.90. The number of benzene rings is 1. The second-order valence-corrected chi connectivity index (χ2v) is 5.27. The summed E-state index contributed by atoms with van der Waals surface area (Å²) >= 11 is 0. The lowest BCUT2D eigenvalue weighted by Gasteiger charge is -2.10. The average Bonchev–Trinajstić information content (AvgIpc) is 3.29. The van der Waals surface area contributed by atoms with Crippen LogP contribution < -0.4 is 20.5 Å². The summed E-state index contributed by atoms with van der Waals surface area (Å²) in [5.41, 5.74) is 5.73. The van der Waals surface area contributed by atoms with Crippen molar-refractivity contribution < 1.29 is 14.3 Å². The van der Waals surface area contributed by atoms with E-state index in [1.54, 1.807) is 49.7 Å². The Hall–Kier alpha value is -2.02. The summed E-state index contributed by atoms with van der Waals surface area (Å²) in [4.78, 5) is 16.0. The highest BCUT2D eigenvalue weighted by Crippen LogP contribution is 2.33. The van der Waals surface area contributed by atoms with Gasteiger partial charge >= 0.3 is 0 Å². The van der Waals surface area contributed by atoms with E-state index in [0.29, 0.717) is 17.3 Å². The van der Waals surface area contributed by atoms with E-state index in [-0.39, 0.29) is 30.7 Å². The Labute approximate surface area is 152 Å². The molecule has 1 fully saturated rings. The third-order valence-electron chi connectivity index (χ3n) is 3.52. The number of carbonyl (C=O) groups is 1. The number of hydrogen-bond acceptors (Lipinski definition) is 5. The zero-order valence-electron chi connectivity index (χ0n) is 13.0. The molecular formula is C16H19Cl2N3O3. The van der Waals surface area contributed by atoms with Gasteiger partial charge < -0.3 is 20.5 Å². The standard InChI is InChI=1S/C16H17N3O3.2ClH/c1-21-12-3-5-13(6-4-12)22-14-7-2-11(10-18-14)19-15(20)16(17)8-9-16;;/h2-7,10H,8-9,17H2,1H3,(H,19,20);2*1H. The normalized spacial score (nSPS) is 13.8. The number of amides is 1. The minimum atomic E-state index is -0.696. The molecule has 130 valence electrons. The van der Waals surface area contributed by atoms with Crippen molar-refractivity contribution in [3.8, 4) is 17.4 Å². The van der Waals surface area contributed by atoms with Crippen LogP contribution in [-0.4, -0.2) is 23.5 Å². The number of pyridine rings is 1. The minimum Gasteiger partial charge on any atom is -0.497 e. The van der Waals surface area contributed by atoms with Crippen LogP contribution in [0.25, 0.3) is 0 Å². The molecule has 0 aliphatic heterocycles. The van der Waals surface area contributed by atoms with E-state index in [1.807, 2.05) is 0 Å². The molecule has 1 saturated carbocycles. The smallest absolute Gasteiger partial charge is 0.244 e. The fourth-order valence-corrected chi connectivity index (χ4v) is 1.90. The van der Waals surface area contributed by atoms with E-state index in [1.165, 1.54) is 0 Å². The first kappa shape index (κ1) is 20.0. The molecule has 24 heavy (non-hydrogen) atoms. The van der Waals surface area contributed by atoms with Gasteiger partial charge in [-0.1, -0.05) is 0 Å². The molecule has 0 radical (unpaired) electrons. The summed E-state index contributed by atoms with van der Waals surface area (Å²) in [6, 6.07) is 10.6. The van der Waals surface area contributed by atoms with Gasteiger partial charge in [0.05, 0.1) is 24.5 Å². The van der Waals surface area contributed by atoms with Gasteiger partial charge in [0.1, 0.15) is 11.5 Å². The molecule has 2 aromatic rings. The van der Waals surface area contributed by atoms with Crippen molar-refractivity contribution in [2.75, 3.05) is 12.4 Å². The molecule has 8 heteroatoms. The number of methoxy groups -OCH3 is 1. The first-order valence-corrected chi connectivity index (χ1v) is 6.97. The van der Waals surface area contributed by atoms with Crippen LogP contribution in [0.15, 0.2) is 42.6 Å². The summed E-state index contributed by atoms with van der Waals surface area (Å²) in [5, 5.41) is 2.75. The van der Waals surface area contributed by atoms with Crippen molar-refractivity contribution in [2.45, 2.75) is 18.4 Å². The lowest BCUT2D eigenvalue weighted by molar-refractivity contribution is -0.118. The number of rotatable bonds is 5. The van der Waals surface area contributed by atoms with Crippen LogP contribution in [0.4, 0.5) is 5.69 Å². The van der Waals surface area contributed by atoms with Crippen molar-refractivity contribution in [3.63, 3.8) is 0 Å². The van der Waals surface area contributed by atoms with Gasteiger partial charge in [-0.25, -0.2) is 4.98 Å². The molecule has 1 aromatic carbocycles. The molecule has 0 saturated heterocycles. The predicted octanol–water partition coefficient (Wildman–Crippen LogP) is 3.16. The number of carbonyl (C=O) groups excluding carboxylic acids is 1. The zero-order chi connectivity index (χ0) is 15.6. The highest BCUT2D eigenvalue weighted by atomic mass is 35.5. The maximum Gasteiger partial charge on any atom is 0.244 e. The van der Waals surface area contributed by atoms with Crippen molar-refractivity contribution >= 4 is 36.4 Å². The molecule has 1 aromatic heterocycles. The van der Waals surface area contributed by atoms with Crippen LogP contribution in [0, 0.1) is 0 Å². The quantitative estimate of drug-likeness (QED) is 0.842. The number of aromatic nitrogens is 1. The Kier molecular flexibility index (Phi) is 6.83. The number of ether oxygens (including phenoxy) is 2. The topological polar surface area (TPSA) is 86.5 Å². The molecule has 0 atom stereocenters. The van der Waals surface area contributed by atoms with E-state index < -0.39 is 5.54 Å². The van der Waals surface area contributed by atoms with Gasteiger partial charge in [-0.2, -0.15) is 0 Å². The molecular weight excluding hydrogens is 353 g/mol. The first-order valence-electron chi connectivity index (χ1n) is 6.97. The Morgan fingerprint density at radius 2 is 1.75 bits per heavy atom. The lowest BCUT2D eigenvalue weighted by atomic mass is 10.2. The Bertz CT molecular complexity index is 674. The summed E-state index contributed by atoms with van der Waals surface area (Å²) in [7, 11) is 1.61. The molecule has 0 bridgehead atoms. The van der Waals surface area contributed by atoms with Gasteiger partial charge in [0.15, 0.2) is 0 Å². The highest BCUT2D eigenvalue weighted by Gasteiger charge is 2.45. The molecule has 1 aliphatic rings. The number of anilines is 1. The number of halogens is 2. The molecule has 1 aliphatic carbocycles. The molecule has 0 unspecified atom stereocenters. The Balaban J connectivity index is 0.00000144. The molecule has 1 heterocycles. The maximum absolute atomic E-state index is 11.8. The van der Waals surface area contributed by atoms with Crippen LogP contribution in [0.2, 0.25) is 0 Å². The molecule has 3 rings (SSSR count). The second-order valence-electron chi connectivity index (χ2n) is 5.27. The highest BCUT2D eigenvalue weighted by molar-refractivity contribution is 5.99. The lowest BCUT2D eigenvalue weighted by Crippen LogP contribution is -2.37. The van der Waals surface area contributed by atoms with Gasteiger partial charge in [-0.05, 0) is 43.2 Å². The monoisotopic (exact) mass is 371 g/mol. The van der Waals surface area contributed by atoms with E-state index in [4.69, 9.17) is 15.2 Å². The number of nitrogens with one attached hydrogen (secondary N) is 1. The van der Waals surface area contributed by atoms with Crippen LogP contribution >= 0.6 is 24.8 Å². The van der Waals surface area contributed by atoms with Crippen LogP contribution in [0.1, 0.15) is 12.8 Å². The molecule has 0 spiro atoms. The van der Waals surface area contributed by atoms with Crippen molar-refractivity contribution in [2.24, 2.45) is 5.73 Å². The molecule has 1 amide bonds. The summed E-state index contributed by atoms with van der Waals surface area (Å²) in [5.74, 6) is 1.69.